The molecule has 1 aliphatic carbocycles. The minimum absolute atomic E-state index is 0.0715. The van der Waals surface area contributed by atoms with Crippen molar-refractivity contribution in [3.05, 3.63) is 0 Å². The van der Waals surface area contributed by atoms with Crippen LogP contribution in [0.2, 0.25) is 0 Å². The van der Waals surface area contributed by atoms with Crippen LogP contribution in [0.3, 0.4) is 0 Å². The van der Waals surface area contributed by atoms with E-state index in [1.165, 1.54) is 12.8 Å². The molecular formula is C13H22O2. The van der Waals surface area contributed by atoms with Crippen LogP contribution in [0.15, 0.2) is 0 Å². The Kier molecular flexibility index (Phi) is 4.49. The first-order chi connectivity index (χ1) is 7.00. The fourth-order valence-corrected chi connectivity index (χ4v) is 2.63. The van der Waals surface area contributed by atoms with Gasteiger partial charge in [0.05, 0.1) is 0 Å². The van der Waals surface area contributed by atoms with Gasteiger partial charge in [-0.15, -0.1) is 0 Å². The van der Waals surface area contributed by atoms with Gasteiger partial charge >= 0.3 is 0 Å². The van der Waals surface area contributed by atoms with Gasteiger partial charge in [-0.05, 0) is 25.7 Å². The van der Waals surface area contributed by atoms with Crippen molar-refractivity contribution < 1.29 is 9.59 Å². The van der Waals surface area contributed by atoms with E-state index in [1.807, 2.05) is 6.92 Å². The van der Waals surface area contributed by atoms with Gasteiger partial charge in [0.25, 0.3) is 0 Å². The second-order valence-corrected chi connectivity index (χ2v) is 5.18. The van der Waals surface area contributed by atoms with E-state index in [-0.39, 0.29) is 17.6 Å². The van der Waals surface area contributed by atoms with E-state index in [9.17, 15) is 9.59 Å². The molecule has 0 aliphatic heterocycles. The van der Waals surface area contributed by atoms with E-state index in [1.54, 1.807) is 6.92 Å². The fraction of sp³-hybridized carbons (Fsp3) is 0.846. The maximum atomic E-state index is 12.0. The summed E-state index contributed by atoms with van der Waals surface area (Å²) in [4.78, 5) is 23.0. The lowest BCUT2D eigenvalue weighted by molar-refractivity contribution is -0.130. The van der Waals surface area contributed by atoms with Gasteiger partial charge in [0.2, 0.25) is 0 Å². The van der Waals surface area contributed by atoms with Crippen molar-refractivity contribution in [1.82, 2.24) is 0 Å². The Balaban J connectivity index is 2.47. The van der Waals surface area contributed by atoms with Gasteiger partial charge in [0.15, 0.2) is 0 Å². The van der Waals surface area contributed by atoms with Crippen molar-refractivity contribution in [2.45, 2.75) is 52.9 Å². The summed E-state index contributed by atoms with van der Waals surface area (Å²) in [5.41, 5.74) is 0. The molecule has 0 radical (unpaired) electrons. The molecule has 0 saturated heterocycles. The van der Waals surface area contributed by atoms with Crippen molar-refractivity contribution in [3.8, 4) is 0 Å². The molecule has 0 bridgehead atoms. The summed E-state index contributed by atoms with van der Waals surface area (Å²) in [7, 11) is 0. The standard InChI is InChI=1S/C13H22O2/c1-9-5-4-6-12(7-9)13(15)10(2)8-11(3)14/h9-10,12H,4-8H2,1-3H3. The first-order valence-corrected chi connectivity index (χ1v) is 6.04. The Morgan fingerprint density at radius 1 is 1.33 bits per heavy atom. The summed E-state index contributed by atoms with van der Waals surface area (Å²) >= 11 is 0. The van der Waals surface area contributed by atoms with Crippen LogP contribution in [0.5, 0.6) is 0 Å². The first-order valence-electron chi connectivity index (χ1n) is 6.04. The van der Waals surface area contributed by atoms with E-state index >= 15 is 0 Å². The Morgan fingerprint density at radius 2 is 2.00 bits per heavy atom. The van der Waals surface area contributed by atoms with Gasteiger partial charge in [0, 0.05) is 18.3 Å². The number of Topliss-reactive ketones (excluding diaryl/α,β-unsaturated/α-hetero) is 2. The molecule has 0 aromatic rings. The molecule has 15 heavy (non-hydrogen) atoms. The third-order valence-electron chi connectivity index (χ3n) is 3.42. The molecule has 0 aromatic heterocycles. The molecule has 0 spiro atoms. The molecule has 1 saturated carbocycles. The average Bonchev–Trinajstić information content (AvgIpc) is 2.15. The van der Waals surface area contributed by atoms with Crippen molar-refractivity contribution >= 4 is 11.6 Å². The zero-order valence-electron chi connectivity index (χ0n) is 10.1. The SMILES string of the molecule is CC(=O)CC(C)C(=O)C1CCCC(C)C1. The molecule has 3 unspecified atom stereocenters. The second kappa shape index (κ2) is 5.43. The van der Waals surface area contributed by atoms with E-state index in [2.05, 4.69) is 6.92 Å². The largest absolute Gasteiger partial charge is 0.300 e. The average molecular weight is 210 g/mol. The molecule has 0 N–H and O–H groups in total. The van der Waals surface area contributed by atoms with Gasteiger partial charge in [0.1, 0.15) is 11.6 Å². The van der Waals surface area contributed by atoms with Crippen molar-refractivity contribution in [1.29, 1.82) is 0 Å². The molecule has 2 nitrogen and oxygen atoms in total. The molecule has 0 aromatic carbocycles. The summed E-state index contributed by atoms with van der Waals surface area (Å²) in [5, 5.41) is 0. The van der Waals surface area contributed by atoms with Gasteiger partial charge in [-0.3, -0.25) is 4.79 Å². The minimum atomic E-state index is -0.0715. The number of hydrogen-bond donors (Lipinski definition) is 0. The van der Waals surface area contributed by atoms with Crippen LogP contribution < -0.4 is 0 Å². The number of rotatable bonds is 4. The van der Waals surface area contributed by atoms with Crippen molar-refractivity contribution in [3.63, 3.8) is 0 Å². The highest BCUT2D eigenvalue weighted by Gasteiger charge is 2.28. The predicted molar refractivity (Wildman–Crippen MR) is 60.6 cm³/mol. The zero-order chi connectivity index (χ0) is 11.4. The van der Waals surface area contributed by atoms with Gasteiger partial charge in [-0.25, -0.2) is 0 Å². The Labute approximate surface area is 92.4 Å². The van der Waals surface area contributed by atoms with Crippen LogP contribution >= 0.6 is 0 Å². The van der Waals surface area contributed by atoms with E-state index in [4.69, 9.17) is 0 Å². The van der Waals surface area contributed by atoms with E-state index < -0.39 is 0 Å². The van der Waals surface area contributed by atoms with Crippen LogP contribution in [0, 0.1) is 17.8 Å². The van der Waals surface area contributed by atoms with Crippen molar-refractivity contribution in [2.24, 2.45) is 17.8 Å². The summed E-state index contributed by atoms with van der Waals surface area (Å²) in [6.07, 6.45) is 4.91. The second-order valence-electron chi connectivity index (χ2n) is 5.18. The molecule has 1 rings (SSSR count). The first kappa shape index (κ1) is 12.4. The lowest BCUT2D eigenvalue weighted by Gasteiger charge is -2.27. The highest BCUT2D eigenvalue weighted by atomic mass is 16.1. The summed E-state index contributed by atoms with van der Waals surface area (Å²) in [6, 6.07) is 0. The highest BCUT2D eigenvalue weighted by Crippen LogP contribution is 2.31. The monoisotopic (exact) mass is 210 g/mol. The number of hydrogen-bond acceptors (Lipinski definition) is 2. The molecule has 3 atom stereocenters. The Morgan fingerprint density at radius 3 is 2.53 bits per heavy atom. The number of carbonyl (C=O) groups excluding carboxylic acids is 2. The van der Waals surface area contributed by atoms with Crippen molar-refractivity contribution in [2.75, 3.05) is 0 Å². The molecule has 86 valence electrons. The Bertz CT molecular complexity index is 245. The lowest BCUT2D eigenvalue weighted by atomic mass is 9.77. The maximum absolute atomic E-state index is 12.0. The molecule has 0 heterocycles. The van der Waals surface area contributed by atoms with Crippen LogP contribution in [0.4, 0.5) is 0 Å². The van der Waals surface area contributed by atoms with Gasteiger partial charge in [-0.1, -0.05) is 26.7 Å². The molecule has 1 fully saturated rings. The topological polar surface area (TPSA) is 34.1 Å². The molecule has 1 aliphatic rings. The minimum Gasteiger partial charge on any atom is -0.300 e. The van der Waals surface area contributed by atoms with E-state index in [0.717, 1.165) is 12.8 Å². The number of carbonyl (C=O) groups is 2. The summed E-state index contributed by atoms with van der Waals surface area (Å²) < 4.78 is 0. The quantitative estimate of drug-likeness (QED) is 0.714. The van der Waals surface area contributed by atoms with Crippen LogP contribution in [0.25, 0.3) is 0 Å². The highest BCUT2D eigenvalue weighted by molar-refractivity contribution is 5.88. The van der Waals surface area contributed by atoms with Gasteiger partial charge in [-0.2, -0.15) is 0 Å². The summed E-state index contributed by atoms with van der Waals surface area (Å²) in [6.45, 7) is 5.67. The normalized spacial score (nSPS) is 28.5. The number of ketones is 2. The molecule has 2 heteroatoms. The van der Waals surface area contributed by atoms with E-state index in [0.29, 0.717) is 18.1 Å². The van der Waals surface area contributed by atoms with Crippen LogP contribution in [0.1, 0.15) is 52.9 Å². The smallest absolute Gasteiger partial charge is 0.139 e. The zero-order valence-corrected chi connectivity index (χ0v) is 10.1. The van der Waals surface area contributed by atoms with Crippen LogP contribution in [-0.2, 0) is 9.59 Å². The predicted octanol–water partition coefficient (Wildman–Crippen LogP) is 3.00. The molecular weight excluding hydrogens is 188 g/mol. The fourth-order valence-electron chi connectivity index (χ4n) is 2.63. The lowest BCUT2D eigenvalue weighted by Crippen LogP contribution is -2.27. The van der Waals surface area contributed by atoms with Gasteiger partial charge < -0.3 is 4.79 Å². The third kappa shape index (κ3) is 3.77. The Hall–Kier alpha value is -0.660. The van der Waals surface area contributed by atoms with Crippen LogP contribution in [-0.4, -0.2) is 11.6 Å². The molecule has 0 amide bonds. The third-order valence-corrected chi connectivity index (χ3v) is 3.42. The maximum Gasteiger partial charge on any atom is 0.139 e. The summed E-state index contributed by atoms with van der Waals surface area (Å²) in [5.74, 6) is 1.27.